The van der Waals surface area contributed by atoms with Gasteiger partial charge < -0.3 is 20.4 Å². The fourth-order valence-electron chi connectivity index (χ4n) is 4.92. The summed E-state index contributed by atoms with van der Waals surface area (Å²) in [6.07, 6.45) is 1.81. The van der Waals surface area contributed by atoms with E-state index in [1.165, 1.54) is 0 Å². The molecule has 0 radical (unpaired) electrons. The molecule has 5 rings (SSSR count). The normalized spacial score (nSPS) is 16.0. The molecule has 1 unspecified atom stereocenters. The van der Waals surface area contributed by atoms with Crippen LogP contribution in [0, 0.1) is 0 Å². The molecular weight excluding hydrogens is 450 g/mol. The number of nitrogens with zero attached hydrogens (tertiary/aromatic N) is 1. The van der Waals surface area contributed by atoms with Gasteiger partial charge in [-0.15, -0.1) is 0 Å². The number of hydrogen-bond acceptors (Lipinski definition) is 5. The van der Waals surface area contributed by atoms with E-state index in [9.17, 15) is 9.59 Å². The lowest BCUT2D eigenvalue weighted by molar-refractivity contribution is -0.139. The third-order valence-electron chi connectivity index (χ3n) is 6.73. The zero-order valence-corrected chi connectivity index (χ0v) is 19.7. The van der Waals surface area contributed by atoms with Gasteiger partial charge in [0.2, 0.25) is 5.91 Å². The predicted octanol–water partition coefficient (Wildman–Crippen LogP) is 5.38. The highest BCUT2D eigenvalue weighted by Gasteiger charge is 2.36. The van der Waals surface area contributed by atoms with Crippen LogP contribution in [-0.4, -0.2) is 36.2 Å². The van der Waals surface area contributed by atoms with Gasteiger partial charge in [0.1, 0.15) is 17.4 Å². The van der Waals surface area contributed by atoms with Crippen molar-refractivity contribution in [3.8, 4) is 11.3 Å². The van der Waals surface area contributed by atoms with Gasteiger partial charge in [0.25, 0.3) is 0 Å². The van der Waals surface area contributed by atoms with E-state index in [-0.39, 0.29) is 25.5 Å². The van der Waals surface area contributed by atoms with E-state index in [4.69, 9.17) is 10.2 Å². The highest BCUT2D eigenvalue weighted by Crippen LogP contribution is 2.30. The average Bonchev–Trinajstić information content (AvgIpc) is 3.53. The first kappa shape index (κ1) is 25.2. The summed E-state index contributed by atoms with van der Waals surface area (Å²) < 4.78 is 6.00. The molecule has 0 saturated carbocycles. The number of likely N-dealkylation sites (N-methyl/N-ethyl adjacent to an activating group) is 1. The second-order valence-corrected chi connectivity index (χ2v) is 9.07. The van der Waals surface area contributed by atoms with Crippen LogP contribution in [0.5, 0.6) is 0 Å². The van der Waals surface area contributed by atoms with Crippen molar-refractivity contribution in [3.05, 3.63) is 90.0 Å². The number of likely N-dealkylation sites (tertiary alicyclic amines) is 1. The highest BCUT2D eigenvalue weighted by molar-refractivity contribution is 5.93. The molecule has 3 aromatic carbocycles. The molecule has 1 aromatic heterocycles. The van der Waals surface area contributed by atoms with E-state index < -0.39 is 12.1 Å². The minimum absolute atomic E-state index is 0. The second-order valence-electron chi connectivity index (χ2n) is 9.07. The lowest BCUT2D eigenvalue weighted by Gasteiger charge is -2.28. The van der Waals surface area contributed by atoms with Gasteiger partial charge in [-0.1, -0.05) is 43.8 Å². The number of fused-ring (bicyclic) bond motifs is 1. The number of nitrogens with one attached hydrogen (secondary N) is 1. The summed E-state index contributed by atoms with van der Waals surface area (Å²) in [5.41, 5.74) is 10.0. The monoisotopic (exact) mass is 483 g/mol. The first-order valence-corrected chi connectivity index (χ1v) is 12.0. The van der Waals surface area contributed by atoms with Crippen LogP contribution in [0.25, 0.3) is 22.3 Å². The molecule has 1 amide bonds. The van der Waals surface area contributed by atoms with Gasteiger partial charge >= 0.3 is 0 Å². The SMILES string of the molecule is C.CNC(C(=O)N1CCC[C@H]1C(=O)Cc1ccc2oc(-c3ccc(N)cc3)cc2c1)c1ccccc1. The van der Waals surface area contributed by atoms with Crippen LogP contribution < -0.4 is 11.1 Å². The van der Waals surface area contributed by atoms with Crippen molar-refractivity contribution in [2.45, 2.75) is 38.8 Å². The van der Waals surface area contributed by atoms with Crippen molar-refractivity contribution in [2.75, 3.05) is 19.3 Å². The summed E-state index contributed by atoms with van der Waals surface area (Å²) in [5.74, 6) is 0.781. The standard InChI is InChI=1S/C29H29N3O3.CH4/c1-31-28(21-6-3-2-4-7-21)29(34)32-15-5-8-24(32)25(33)17-19-9-14-26-22(16-19)18-27(35-26)20-10-12-23(30)13-11-20;/h2-4,6-7,9-14,16,18,24,28,31H,5,8,15,17,30H2,1H3;1H4/t24-,28?;/m0./s1. The number of nitrogen functional groups attached to an aromatic ring is 1. The fourth-order valence-corrected chi connectivity index (χ4v) is 4.92. The Hall–Kier alpha value is -3.90. The molecule has 0 spiro atoms. The van der Waals surface area contributed by atoms with Crippen LogP contribution in [0.15, 0.2) is 83.3 Å². The van der Waals surface area contributed by atoms with Crippen LogP contribution in [0.1, 0.15) is 37.4 Å². The first-order chi connectivity index (χ1) is 17.0. The minimum Gasteiger partial charge on any atom is -0.456 e. The van der Waals surface area contributed by atoms with Gasteiger partial charge in [0.05, 0.1) is 6.04 Å². The van der Waals surface area contributed by atoms with Crippen molar-refractivity contribution in [1.29, 1.82) is 0 Å². The number of hydrogen-bond donors (Lipinski definition) is 2. The molecule has 4 aromatic rings. The van der Waals surface area contributed by atoms with E-state index in [1.54, 1.807) is 11.9 Å². The maximum absolute atomic E-state index is 13.4. The summed E-state index contributed by atoms with van der Waals surface area (Å²) in [4.78, 5) is 28.4. The Kier molecular flexibility index (Phi) is 7.55. The molecule has 36 heavy (non-hydrogen) atoms. The molecule has 186 valence electrons. The van der Waals surface area contributed by atoms with E-state index in [0.29, 0.717) is 18.7 Å². The Morgan fingerprint density at radius 3 is 2.53 bits per heavy atom. The topological polar surface area (TPSA) is 88.6 Å². The number of anilines is 1. The van der Waals surface area contributed by atoms with E-state index in [0.717, 1.165) is 39.8 Å². The predicted molar refractivity (Wildman–Crippen MR) is 144 cm³/mol. The number of ketones is 1. The number of nitrogens with two attached hydrogens (primary N) is 1. The molecule has 3 N–H and O–H groups in total. The fraction of sp³-hybridized carbons (Fsp3) is 0.267. The summed E-state index contributed by atoms with van der Waals surface area (Å²) in [6.45, 7) is 0.603. The van der Waals surface area contributed by atoms with Crippen molar-refractivity contribution in [3.63, 3.8) is 0 Å². The zero-order valence-electron chi connectivity index (χ0n) is 19.7. The van der Waals surface area contributed by atoms with Gasteiger partial charge in [0.15, 0.2) is 5.78 Å². The maximum Gasteiger partial charge on any atom is 0.244 e. The third-order valence-corrected chi connectivity index (χ3v) is 6.73. The lowest BCUT2D eigenvalue weighted by Crippen LogP contribution is -2.46. The molecule has 6 heteroatoms. The number of carbonyl (C=O) groups excluding carboxylic acids is 2. The quantitative estimate of drug-likeness (QED) is 0.345. The third kappa shape index (κ3) is 5.04. The molecule has 2 heterocycles. The van der Waals surface area contributed by atoms with Crippen LogP contribution in [-0.2, 0) is 16.0 Å². The van der Waals surface area contributed by atoms with E-state index in [1.807, 2.05) is 78.9 Å². The van der Waals surface area contributed by atoms with Crippen LogP contribution in [0.2, 0.25) is 0 Å². The summed E-state index contributed by atoms with van der Waals surface area (Å²) in [6, 6.07) is 24.1. The summed E-state index contributed by atoms with van der Waals surface area (Å²) >= 11 is 0. The molecule has 1 aliphatic heterocycles. The Labute approximate surface area is 212 Å². The Morgan fingerprint density at radius 1 is 1.06 bits per heavy atom. The number of carbonyl (C=O) groups is 2. The lowest BCUT2D eigenvalue weighted by atomic mass is 9.99. The van der Waals surface area contributed by atoms with Gasteiger partial charge in [-0.25, -0.2) is 0 Å². The smallest absolute Gasteiger partial charge is 0.244 e. The maximum atomic E-state index is 13.4. The first-order valence-electron chi connectivity index (χ1n) is 12.0. The van der Waals surface area contributed by atoms with Crippen LogP contribution >= 0.6 is 0 Å². The molecule has 1 saturated heterocycles. The molecule has 1 aliphatic rings. The molecule has 1 fully saturated rings. The van der Waals surface area contributed by atoms with Crippen molar-refractivity contribution in [1.82, 2.24) is 10.2 Å². The van der Waals surface area contributed by atoms with Crippen molar-refractivity contribution in [2.24, 2.45) is 0 Å². The van der Waals surface area contributed by atoms with Gasteiger partial charge in [-0.3, -0.25) is 9.59 Å². The van der Waals surface area contributed by atoms with Gasteiger partial charge in [-0.05, 0) is 73.5 Å². The van der Waals surface area contributed by atoms with Gasteiger partial charge in [0, 0.05) is 29.6 Å². The Balaban J connectivity index is 0.00000304. The molecule has 0 aliphatic carbocycles. The molecular formula is C30H33N3O3. The molecule has 2 atom stereocenters. The Bertz CT molecular complexity index is 1350. The van der Waals surface area contributed by atoms with E-state index in [2.05, 4.69) is 5.32 Å². The van der Waals surface area contributed by atoms with E-state index >= 15 is 0 Å². The summed E-state index contributed by atoms with van der Waals surface area (Å²) in [5, 5.41) is 4.07. The highest BCUT2D eigenvalue weighted by atomic mass is 16.3. The number of amides is 1. The average molecular weight is 484 g/mol. The number of rotatable bonds is 7. The van der Waals surface area contributed by atoms with Crippen LogP contribution in [0.4, 0.5) is 5.69 Å². The van der Waals surface area contributed by atoms with Gasteiger partial charge in [-0.2, -0.15) is 0 Å². The summed E-state index contributed by atoms with van der Waals surface area (Å²) in [7, 11) is 1.78. The molecule has 6 nitrogen and oxygen atoms in total. The van der Waals surface area contributed by atoms with Crippen molar-refractivity contribution < 1.29 is 14.0 Å². The zero-order chi connectivity index (χ0) is 24.4. The second kappa shape index (κ2) is 10.8. The Morgan fingerprint density at radius 2 is 1.81 bits per heavy atom. The number of furan rings is 1. The number of Topliss-reactive ketones (excluding diaryl/α,β-unsaturated/α-hetero) is 1. The van der Waals surface area contributed by atoms with Crippen LogP contribution in [0.3, 0.4) is 0 Å². The largest absolute Gasteiger partial charge is 0.456 e. The minimum atomic E-state index is -0.460. The number of benzene rings is 3. The molecule has 0 bridgehead atoms. The van der Waals surface area contributed by atoms with Crippen molar-refractivity contribution >= 4 is 28.3 Å².